The summed E-state index contributed by atoms with van der Waals surface area (Å²) >= 11 is 0. The van der Waals surface area contributed by atoms with Crippen molar-refractivity contribution < 1.29 is 18.7 Å². The Labute approximate surface area is 80.7 Å². The van der Waals surface area contributed by atoms with E-state index in [1.165, 1.54) is 4.90 Å². The molecule has 2 aliphatic rings. The van der Waals surface area contributed by atoms with Crippen LogP contribution in [0.1, 0.15) is 12.8 Å². The molecule has 0 aromatic carbocycles. The highest BCUT2D eigenvalue weighted by atomic mass is 19.3. The molecule has 1 saturated carbocycles. The van der Waals surface area contributed by atoms with E-state index < -0.39 is 18.4 Å². The van der Waals surface area contributed by atoms with Crippen LogP contribution in [-0.2, 0) is 4.79 Å². The van der Waals surface area contributed by atoms with Crippen molar-refractivity contribution in [1.82, 2.24) is 4.90 Å². The summed E-state index contributed by atoms with van der Waals surface area (Å²) in [6.45, 7) is 0.0819. The SMILES string of the molecule is O=C(C1CC1)N1C[C@H](C(F)F)[C@@H](O)C1. The summed E-state index contributed by atoms with van der Waals surface area (Å²) in [6, 6.07) is 0. The van der Waals surface area contributed by atoms with Crippen LogP contribution in [-0.4, -0.2) is 41.5 Å². The van der Waals surface area contributed by atoms with Crippen molar-refractivity contribution in [3.8, 4) is 0 Å². The summed E-state index contributed by atoms with van der Waals surface area (Å²) in [6.07, 6.45) is -1.87. The number of halogens is 2. The van der Waals surface area contributed by atoms with Crippen LogP contribution in [0.4, 0.5) is 8.78 Å². The molecule has 1 amide bonds. The number of rotatable bonds is 2. The number of carbonyl (C=O) groups excluding carboxylic acids is 1. The van der Waals surface area contributed by atoms with Crippen molar-refractivity contribution in [2.24, 2.45) is 11.8 Å². The third kappa shape index (κ3) is 1.73. The molecular formula is C9H13F2NO2. The monoisotopic (exact) mass is 205 g/mol. The van der Waals surface area contributed by atoms with Crippen molar-refractivity contribution in [3.05, 3.63) is 0 Å². The average Bonchev–Trinajstić information content (AvgIpc) is 2.88. The van der Waals surface area contributed by atoms with Crippen LogP contribution < -0.4 is 0 Å². The minimum absolute atomic E-state index is 0.00810. The first-order valence-corrected chi connectivity index (χ1v) is 4.84. The second-order valence-corrected chi connectivity index (χ2v) is 4.08. The molecule has 5 heteroatoms. The van der Waals surface area contributed by atoms with E-state index in [-0.39, 0.29) is 24.9 Å². The van der Waals surface area contributed by atoms with Crippen molar-refractivity contribution in [3.63, 3.8) is 0 Å². The highest BCUT2D eigenvalue weighted by Crippen LogP contribution is 2.33. The van der Waals surface area contributed by atoms with Gasteiger partial charge in [0.25, 0.3) is 0 Å². The lowest BCUT2D eigenvalue weighted by Gasteiger charge is -2.15. The number of carbonyl (C=O) groups is 1. The van der Waals surface area contributed by atoms with E-state index in [0.29, 0.717) is 0 Å². The van der Waals surface area contributed by atoms with E-state index in [1.807, 2.05) is 0 Å². The number of β-amino-alcohol motifs (C(OH)–C–C–N with tert-alkyl or cyclic N) is 1. The molecule has 1 N–H and O–H groups in total. The Balaban J connectivity index is 1.94. The number of likely N-dealkylation sites (tertiary alicyclic amines) is 1. The van der Waals surface area contributed by atoms with Crippen molar-refractivity contribution in [1.29, 1.82) is 0 Å². The lowest BCUT2D eigenvalue weighted by Crippen LogP contribution is -2.30. The number of aliphatic hydroxyl groups excluding tert-OH is 1. The predicted octanol–water partition coefficient (Wildman–Crippen LogP) is 0.481. The predicted molar refractivity (Wildman–Crippen MR) is 44.8 cm³/mol. The molecule has 1 aliphatic heterocycles. The second kappa shape index (κ2) is 3.46. The summed E-state index contributed by atoms with van der Waals surface area (Å²) in [5, 5.41) is 9.31. The van der Waals surface area contributed by atoms with Gasteiger partial charge < -0.3 is 10.0 Å². The number of hydrogen-bond acceptors (Lipinski definition) is 2. The minimum atomic E-state index is -2.54. The van der Waals surface area contributed by atoms with E-state index in [9.17, 15) is 18.7 Å². The van der Waals surface area contributed by atoms with Gasteiger partial charge >= 0.3 is 0 Å². The van der Waals surface area contributed by atoms with Crippen LogP contribution >= 0.6 is 0 Å². The number of aliphatic hydroxyl groups is 1. The van der Waals surface area contributed by atoms with Crippen LogP contribution in [0.5, 0.6) is 0 Å². The molecule has 0 unspecified atom stereocenters. The average molecular weight is 205 g/mol. The fourth-order valence-corrected chi connectivity index (χ4v) is 1.83. The fourth-order valence-electron chi connectivity index (χ4n) is 1.83. The zero-order chi connectivity index (χ0) is 10.3. The molecule has 80 valence electrons. The summed E-state index contributed by atoms with van der Waals surface area (Å²) in [5.74, 6) is -1.08. The Morgan fingerprint density at radius 2 is 2.00 bits per heavy atom. The van der Waals surface area contributed by atoms with Gasteiger partial charge in [-0.05, 0) is 12.8 Å². The largest absolute Gasteiger partial charge is 0.391 e. The maximum absolute atomic E-state index is 12.3. The zero-order valence-electron chi connectivity index (χ0n) is 7.70. The lowest BCUT2D eigenvalue weighted by atomic mass is 10.1. The second-order valence-electron chi connectivity index (χ2n) is 4.08. The molecule has 1 aliphatic carbocycles. The normalized spacial score (nSPS) is 32.7. The van der Waals surface area contributed by atoms with Crippen LogP contribution in [0.25, 0.3) is 0 Å². The van der Waals surface area contributed by atoms with Gasteiger partial charge in [0.05, 0.1) is 12.0 Å². The van der Waals surface area contributed by atoms with E-state index >= 15 is 0 Å². The molecule has 0 aromatic rings. The molecule has 0 aromatic heterocycles. The fraction of sp³-hybridized carbons (Fsp3) is 0.889. The van der Waals surface area contributed by atoms with Crippen molar-refractivity contribution >= 4 is 5.91 Å². The first kappa shape index (κ1) is 9.83. The lowest BCUT2D eigenvalue weighted by molar-refractivity contribution is -0.132. The van der Waals surface area contributed by atoms with Gasteiger partial charge in [-0.15, -0.1) is 0 Å². The number of nitrogens with zero attached hydrogens (tertiary/aromatic N) is 1. The Morgan fingerprint density at radius 3 is 2.43 bits per heavy atom. The summed E-state index contributed by atoms with van der Waals surface area (Å²) in [4.78, 5) is 12.9. The summed E-state index contributed by atoms with van der Waals surface area (Å²) < 4.78 is 24.7. The van der Waals surface area contributed by atoms with Gasteiger partial charge in [0.2, 0.25) is 12.3 Å². The van der Waals surface area contributed by atoms with Crippen molar-refractivity contribution in [2.75, 3.05) is 13.1 Å². The smallest absolute Gasteiger partial charge is 0.245 e. The molecule has 2 rings (SSSR count). The molecule has 0 spiro atoms. The standard InChI is InChI=1S/C9H13F2NO2/c10-8(11)6-3-12(4-7(6)13)9(14)5-1-2-5/h5-8,13H,1-4H2/t6-,7-/m0/s1. The number of alkyl halides is 2. The summed E-state index contributed by atoms with van der Waals surface area (Å²) in [7, 11) is 0. The minimum Gasteiger partial charge on any atom is -0.391 e. The molecule has 2 atom stereocenters. The van der Waals surface area contributed by atoms with Crippen LogP contribution in [0.2, 0.25) is 0 Å². The molecule has 1 saturated heterocycles. The maximum Gasteiger partial charge on any atom is 0.245 e. The van der Waals surface area contributed by atoms with E-state index in [1.54, 1.807) is 0 Å². The Hall–Kier alpha value is -0.710. The Morgan fingerprint density at radius 1 is 1.36 bits per heavy atom. The molecule has 14 heavy (non-hydrogen) atoms. The van der Waals surface area contributed by atoms with Gasteiger partial charge in [-0.2, -0.15) is 0 Å². The van der Waals surface area contributed by atoms with E-state index in [2.05, 4.69) is 0 Å². The number of amides is 1. The zero-order valence-corrected chi connectivity index (χ0v) is 7.70. The van der Waals surface area contributed by atoms with E-state index in [0.717, 1.165) is 12.8 Å². The highest BCUT2D eigenvalue weighted by molar-refractivity contribution is 5.81. The van der Waals surface area contributed by atoms with Crippen molar-refractivity contribution in [2.45, 2.75) is 25.4 Å². The molecular weight excluding hydrogens is 192 g/mol. The molecule has 0 radical (unpaired) electrons. The highest BCUT2D eigenvalue weighted by Gasteiger charge is 2.43. The van der Waals surface area contributed by atoms with Crippen LogP contribution in [0.3, 0.4) is 0 Å². The van der Waals surface area contributed by atoms with Gasteiger partial charge in [0.15, 0.2) is 0 Å². The van der Waals surface area contributed by atoms with Gasteiger partial charge in [0.1, 0.15) is 0 Å². The van der Waals surface area contributed by atoms with E-state index in [4.69, 9.17) is 0 Å². The summed E-state index contributed by atoms with van der Waals surface area (Å²) in [5.41, 5.74) is 0. The Kier molecular flexibility index (Phi) is 2.43. The third-order valence-electron chi connectivity index (χ3n) is 2.89. The number of hydrogen-bond donors (Lipinski definition) is 1. The van der Waals surface area contributed by atoms with Gasteiger partial charge in [-0.1, -0.05) is 0 Å². The molecule has 0 bridgehead atoms. The van der Waals surface area contributed by atoms with Crippen LogP contribution in [0, 0.1) is 11.8 Å². The molecule has 1 heterocycles. The van der Waals surface area contributed by atoms with Gasteiger partial charge in [-0.25, -0.2) is 8.78 Å². The first-order chi connectivity index (χ1) is 6.59. The topological polar surface area (TPSA) is 40.5 Å². The van der Waals surface area contributed by atoms with Gasteiger partial charge in [-0.3, -0.25) is 4.79 Å². The third-order valence-corrected chi connectivity index (χ3v) is 2.89. The maximum atomic E-state index is 12.3. The Bertz CT molecular complexity index is 243. The van der Waals surface area contributed by atoms with Crippen LogP contribution in [0.15, 0.2) is 0 Å². The molecule has 3 nitrogen and oxygen atoms in total. The first-order valence-electron chi connectivity index (χ1n) is 4.84. The molecule has 2 fully saturated rings. The van der Waals surface area contributed by atoms with Gasteiger partial charge in [0, 0.05) is 19.0 Å². The quantitative estimate of drug-likeness (QED) is 0.712.